The van der Waals surface area contributed by atoms with Gasteiger partial charge in [0.05, 0.1) is 7.11 Å². The van der Waals surface area contributed by atoms with Gasteiger partial charge in [-0.3, -0.25) is 0 Å². The number of rotatable bonds is 2. The van der Waals surface area contributed by atoms with Crippen molar-refractivity contribution in [3.8, 4) is 5.75 Å². The molecule has 0 aliphatic carbocycles. The lowest BCUT2D eigenvalue weighted by Gasteiger charge is -2.36. The molecule has 0 spiro atoms. The van der Waals surface area contributed by atoms with Gasteiger partial charge in [0.25, 0.3) is 0 Å². The first-order valence-corrected chi connectivity index (χ1v) is 5.53. The Balaban J connectivity index is 2.25. The summed E-state index contributed by atoms with van der Waals surface area (Å²) in [5.41, 5.74) is 1.02. The van der Waals surface area contributed by atoms with Gasteiger partial charge < -0.3 is 15.0 Å². The molecule has 1 N–H and O–H groups in total. The smallest absolute Gasteiger partial charge is 0.165 e. The Hall–Kier alpha value is -1.29. The van der Waals surface area contributed by atoms with E-state index in [4.69, 9.17) is 4.74 Å². The van der Waals surface area contributed by atoms with Crippen LogP contribution in [0.15, 0.2) is 18.2 Å². The first-order chi connectivity index (χ1) is 7.72. The molecule has 1 fully saturated rings. The lowest BCUT2D eigenvalue weighted by Crippen LogP contribution is -2.49. The fraction of sp³-hybridized carbons (Fsp3) is 0.500. The number of ether oxygens (including phenoxy) is 1. The van der Waals surface area contributed by atoms with E-state index in [0.29, 0.717) is 11.8 Å². The van der Waals surface area contributed by atoms with Crippen molar-refractivity contribution in [3.05, 3.63) is 24.0 Å². The molecular weight excluding hydrogens is 207 g/mol. The summed E-state index contributed by atoms with van der Waals surface area (Å²) in [4.78, 5) is 2.26. The molecule has 1 aromatic carbocycles. The van der Waals surface area contributed by atoms with E-state index in [9.17, 15) is 4.39 Å². The Labute approximate surface area is 95.2 Å². The summed E-state index contributed by atoms with van der Waals surface area (Å²) in [6, 6.07) is 5.45. The highest BCUT2D eigenvalue weighted by atomic mass is 19.1. The van der Waals surface area contributed by atoms with Gasteiger partial charge in [-0.15, -0.1) is 0 Å². The zero-order valence-corrected chi connectivity index (χ0v) is 9.66. The third-order valence-electron chi connectivity index (χ3n) is 2.97. The molecule has 1 aromatic rings. The second-order valence-corrected chi connectivity index (χ2v) is 4.07. The quantitative estimate of drug-likeness (QED) is 0.826. The molecule has 0 saturated carbocycles. The van der Waals surface area contributed by atoms with E-state index in [1.54, 1.807) is 12.1 Å². The summed E-state index contributed by atoms with van der Waals surface area (Å²) in [6.45, 7) is 5.02. The van der Waals surface area contributed by atoms with Crippen molar-refractivity contribution in [2.45, 2.75) is 13.0 Å². The van der Waals surface area contributed by atoms with Crippen LogP contribution in [0, 0.1) is 5.82 Å². The lowest BCUT2D eigenvalue weighted by molar-refractivity contribution is 0.386. The van der Waals surface area contributed by atoms with Crippen molar-refractivity contribution in [2.75, 3.05) is 31.6 Å². The van der Waals surface area contributed by atoms with Crippen molar-refractivity contribution in [1.29, 1.82) is 0 Å². The van der Waals surface area contributed by atoms with Crippen molar-refractivity contribution >= 4 is 5.69 Å². The monoisotopic (exact) mass is 224 g/mol. The van der Waals surface area contributed by atoms with E-state index < -0.39 is 0 Å². The van der Waals surface area contributed by atoms with Gasteiger partial charge in [-0.1, -0.05) is 0 Å². The predicted molar refractivity (Wildman–Crippen MR) is 62.6 cm³/mol. The molecule has 1 heterocycles. The molecule has 1 aliphatic rings. The SMILES string of the molecule is COc1cc(N2CCNC[C@H]2C)ccc1F. The van der Waals surface area contributed by atoms with Crippen LogP contribution >= 0.6 is 0 Å². The number of hydrogen-bond acceptors (Lipinski definition) is 3. The lowest BCUT2D eigenvalue weighted by atomic mass is 10.1. The molecule has 0 unspecified atom stereocenters. The van der Waals surface area contributed by atoms with Crippen LogP contribution in [0.4, 0.5) is 10.1 Å². The molecule has 1 saturated heterocycles. The molecule has 1 atom stereocenters. The maximum Gasteiger partial charge on any atom is 0.165 e. The van der Waals surface area contributed by atoms with Crippen molar-refractivity contribution in [1.82, 2.24) is 5.32 Å². The van der Waals surface area contributed by atoms with Crippen molar-refractivity contribution in [2.24, 2.45) is 0 Å². The third kappa shape index (κ3) is 2.11. The summed E-state index contributed by atoms with van der Waals surface area (Å²) < 4.78 is 18.3. The number of benzene rings is 1. The van der Waals surface area contributed by atoms with Crippen LogP contribution in [0.2, 0.25) is 0 Å². The first-order valence-electron chi connectivity index (χ1n) is 5.53. The summed E-state index contributed by atoms with van der Waals surface area (Å²) in [5, 5.41) is 3.33. The zero-order valence-electron chi connectivity index (χ0n) is 9.66. The standard InChI is InChI=1S/C12H17FN2O/c1-9-8-14-5-6-15(9)10-3-4-11(13)12(7-10)16-2/h3-4,7,9,14H,5-6,8H2,1-2H3/t9-/m1/s1. The molecular formula is C12H17FN2O. The Morgan fingerprint density at radius 1 is 1.50 bits per heavy atom. The second-order valence-electron chi connectivity index (χ2n) is 4.07. The van der Waals surface area contributed by atoms with Crippen LogP contribution in [0.1, 0.15) is 6.92 Å². The zero-order chi connectivity index (χ0) is 11.5. The van der Waals surface area contributed by atoms with Crippen molar-refractivity contribution in [3.63, 3.8) is 0 Å². The molecule has 4 heteroatoms. The minimum atomic E-state index is -0.311. The van der Waals surface area contributed by atoms with Gasteiger partial charge in [0.1, 0.15) is 0 Å². The topological polar surface area (TPSA) is 24.5 Å². The van der Waals surface area contributed by atoms with Gasteiger partial charge in [-0.25, -0.2) is 4.39 Å². The highest BCUT2D eigenvalue weighted by molar-refractivity contribution is 5.52. The second kappa shape index (κ2) is 4.70. The fourth-order valence-corrected chi connectivity index (χ4v) is 2.05. The normalized spacial score (nSPS) is 20.9. The Bertz CT molecular complexity index is 370. The predicted octanol–water partition coefficient (Wildman–Crippen LogP) is 1.63. The molecule has 2 rings (SSSR count). The van der Waals surface area contributed by atoms with Gasteiger partial charge in [-0.2, -0.15) is 0 Å². The number of hydrogen-bond donors (Lipinski definition) is 1. The van der Waals surface area contributed by atoms with Crippen LogP contribution in [0.25, 0.3) is 0 Å². The van der Waals surface area contributed by atoms with Crippen LogP contribution in [-0.4, -0.2) is 32.8 Å². The minimum absolute atomic E-state index is 0.309. The van der Waals surface area contributed by atoms with E-state index >= 15 is 0 Å². The van der Waals surface area contributed by atoms with Gasteiger partial charge in [0, 0.05) is 37.4 Å². The van der Waals surface area contributed by atoms with Crippen LogP contribution < -0.4 is 15.0 Å². The van der Waals surface area contributed by atoms with Gasteiger partial charge in [0.2, 0.25) is 0 Å². The molecule has 0 aromatic heterocycles. The number of nitrogens with zero attached hydrogens (tertiary/aromatic N) is 1. The van der Waals surface area contributed by atoms with Crippen LogP contribution in [-0.2, 0) is 0 Å². The van der Waals surface area contributed by atoms with Gasteiger partial charge >= 0.3 is 0 Å². The van der Waals surface area contributed by atoms with Crippen molar-refractivity contribution < 1.29 is 9.13 Å². The Kier molecular flexibility index (Phi) is 3.29. The molecule has 1 aliphatic heterocycles. The number of nitrogens with one attached hydrogen (secondary N) is 1. The highest BCUT2D eigenvalue weighted by Crippen LogP contribution is 2.26. The first kappa shape index (κ1) is 11.2. The van der Waals surface area contributed by atoms with Gasteiger partial charge in [-0.05, 0) is 19.1 Å². The minimum Gasteiger partial charge on any atom is -0.494 e. The average Bonchev–Trinajstić information content (AvgIpc) is 2.31. The van der Waals surface area contributed by atoms with E-state index in [1.807, 2.05) is 0 Å². The molecule has 3 nitrogen and oxygen atoms in total. The van der Waals surface area contributed by atoms with Crippen LogP contribution in [0.5, 0.6) is 5.75 Å². The van der Waals surface area contributed by atoms with Crippen LogP contribution in [0.3, 0.4) is 0 Å². The summed E-state index contributed by atoms with van der Waals surface area (Å²) in [7, 11) is 1.49. The number of halogens is 1. The number of piperazine rings is 1. The molecule has 0 amide bonds. The van der Waals surface area contributed by atoms with E-state index in [2.05, 4.69) is 17.1 Å². The molecule has 88 valence electrons. The molecule has 0 radical (unpaired) electrons. The third-order valence-corrected chi connectivity index (χ3v) is 2.97. The number of methoxy groups -OCH3 is 1. The summed E-state index contributed by atoms with van der Waals surface area (Å²) >= 11 is 0. The van der Waals surface area contributed by atoms with E-state index in [1.165, 1.54) is 13.2 Å². The molecule has 0 bridgehead atoms. The number of anilines is 1. The molecule has 16 heavy (non-hydrogen) atoms. The maximum absolute atomic E-state index is 13.3. The van der Waals surface area contributed by atoms with E-state index in [0.717, 1.165) is 25.3 Å². The Morgan fingerprint density at radius 2 is 2.31 bits per heavy atom. The Morgan fingerprint density at radius 3 is 3.00 bits per heavy atom. The largest absolute Gasteiger partial charge is 0.494 e. The maximum atomic E-state index is 13.3. The van der Waals surface area contributed by atoms with E-state index in [-0.39, 0.29) is 5.82 Å². The summed E-state index contributed by atoms with van der Waals surface area (Å²) in [6.07, 6.45) is 0. The highest BCUT2D eigenvalue weighted by Gasteiger charge is 2.19. The fourth-order valence-electron chi connectivity index (χ4n) is 2.05. The van der Waals surface area contributed by atoms with Gasteiger partial charge in [0.15, 0.2) is 11.6 Å². The average molecular weight is 224 g/mol. The summed E-state index contributed by atoms with van der Waals surface area (Å²) in [5.74, 6) is -0.00253.